The van der Waals surface area contributed by atoms with E-state index < -0.39 is 0 Å². The quantitative estimate of drug-likeness (QED) is 0.672. The van der Waals surface area contributed by atoms with Gasteiger partial charge in [0, 0.05) is 17.5 Å². The molecule has 1 aromatic heterocycles. The van der Waals surface area contributed by atoms with Crippen LogP contribution < -0.4 is 20.9 Å². The van der Waals surface area contributed by atoms with E-state index in [4.69, 9.17) is 31.3 Å². The predicted octanol–water partition coefficient (Wildman–Crippen LogP) is 2.21. The molecule has 0 aliphatic carbocycles. The molecular weight excluding hydrogens is 308 g/mol. The number of nitriles is 1. The maximum absolute atomic E-state index is 9.10. The summed E-state index contributed by atoms with van der Waals surface area (Å²) in [5.74, 6) is 1.36. The molecule has 1 aliphatic rings. The minimum atomic E-state index is -0.0933. The van der Waals surface area contributed by atoms with Gasteiger partial charge in [-0.25, -0.2) is 0 Å². The summed E-state index contributed by atoms with van der Waals surface area (Å²) < 4.78 is 11.2. The summed E-state index contributed by atoms with van der Waals surface area (Å²) in [6.07, 6.45) is 0.467. The van der Waals surface area contributed by atoms with E-state index in [1.54, 1.807) is 6.07 Å². The minimum absolute atomic E-state index is 0.0379. The van der Waals surface area contributed by atoms with Crippen LogP contribution in [0.3, 0.4) is 0 Å². The molecule has 2 aromatic rings. The van der Waals surface area contributed by atoms with Crippen LogP contribution >= 0.6 is 0 Å². The van der Waals surface area contributed by atoms with Gasteiger partial charge in [0.2, 0.25) is 5.88 Å². The Balaban J connectivity index is 0.00000100. The Hall–Kier alpha value is -2.98. The maximum atomic E-state index is 9.10. The molecule has 1 aliphatic heterocycles. The molecule has 5 N–H and O–H groups in total. The van der Waals surface area contributed by atoms with Crippen molar-refractivity contribution in [2.75, 3.05) is 24.7 Å². The van der Waals surface area contributed by atoms with Crippen LogP contribution in [0.25, 0.3) is 0 Å². The zero-order valence-electron chi connectivity index (χ0n) is 13.7. The highest BCUT2D eigenvalue weighted by molar-refractivity contribution is 5.72. The van der Waals surface area contributed by atoms with Crippen LogP contribution in [0.2, 0.25) is 0 Å². The number of benzene rings is 1. The van der Waals surface area contributed by atoms with Crippen molar-refractivity contribution < 1.29 is 14.6 Å². The number of nitrogen functional groups attached to an aromatic ring is 2. The summed E-state index contributed by atoms with van der Waals surface area (Å²) in [6, 6.07) is 7.41. The summed E-state index contributed by atoms with van der Waals surface area (Å²) in [5.41, 5.74) is 13.7. The zero-order chi connectivity index (χ0) is 17.7. The van der Waals surface area contributed by atoms with Gasteiger partial charge in [0.1, 0.15) is 24.1 Å². The zero-order valence-corrected chi connectivity index (χ0v) is 13.7. The molecule has 0 bridgehead atoms. The van der Waals surface area contributed by atoms with Crippen molar-refractivity contribution in [3.8, 4) is 23.4 Å². The summed E-state index contributed by atoms with van der Waals surface area (Å²) in [6.45, 7) is 4.07. The first kappa shape index (κ1) is 17.4. The third-order valence-corrected chi connectivity index (χ3v) is 3.42. The molecule has 0 radical (unpaired) electrons. The molecule has 3 rings (SSSR count). The number of aromatic nitrogens is 1. The van der Waals surface area contributed by atoms with Crippen LogP contribution in [0.5, 0.6) is 17.4 Å². The highest BCUT2D eigenvalue weighted by atomic mass is 16.5. The topological polar surface area (TPSA) is 127 Å². The fourth-order valence-corrected chi connectivity index (χ4v) is 2.38. The summed E-state index contributed by atoms with van der Waals surface area (Å²) in [4.78, 5) is 4.11. The molecule has 0 amide bonds. The molecule has 0 saturated carbocycles. The van der Waals surface area contributed by atoms with Crippen molar-refractivity contribution in [2.45, 2.75) is 20.3 Å². The highest BCUT2D eigenvalue weighted by Gasteiger charge is 2.26. The number of hydrogen-bond acceptors (Lipinski definition) is 7. The molecule has 24 heavy (non-hydrogen) atoms. The van der Waals surface area contributed by atoms with Gasteiger partial charge in [-0.3, -0.25) is 0 Å². The molecule has 0 unspecified atom stereocenters. The van der Waals surface area contributed by atoms with E-state index in [1.165, 1.54) is 0 Å². The van der Waals surface area contributed by atoms with Crippen LogP contribution in [-0.4, -0.2) is 23.3 Å². The Morgan fingerprint density at radius 2 is 2.12 bits per heavy atom. The van der Waals surface area contributed by atoms with Crippen LogP contribution in [0.4, 0.5) is 11.5 Å². The fourth-order valence-electron chi connectivity index (χ4n) is 2.38. The van der Waals surface area contributed by atoms with Gasteiger partial charge in [-0.2, -0.15) is 10.2 Å². The van der Waals surface area contributed by atoms with Crippen molar-refractivity contribution >= 4 is 11.5 Å². The van der Waals surface area contributed by atoms with Crippen molar-refractivity contribution in [3.63, 3.8) is 0 Å². The molecule has 0 saturated heterocycles. The first-order valence-electron chi connectivity index (χ1n) is 7.67. The number of nitrogens with two attached hydrogens (primary N) is 2. The smallest absolute Gasteiger partial charge is 0.227 e. The third-order valence-electron chi connectivity index (χ3n) is 3.42. The SMILES string of the molecule is CC.N#Cc1c(N)nc2c(c1N)Cc1cccc(OCCO)c1O2. The van der Waals surface area contributed by atoms with Gasteiger partial charge in [0.15, 0.2) is 11.5 Å². The van der Waals surface area contributed by atoms with Crippen LogP contribution in [0, 0.1) is 11.3 Å². The lowest BCUT2D eigenvalue weighted by Gasteiger charge is -2.23. The van der Waals surface area contributed by atoms with Gasteiger partial charge in [0.25, 0.3) is 0 Å². The second-order valence-corrected chi connectivity index (χ2v) is 4.78. The van der Waals surface area contributed by atoms with E-state index in [9.17, 15) is 0 Å². The van der Waals surface area contributed by atoms with E-state index in [-0.39, 0.29) is 36.2 Å². The molecule has 0 atom stereocenters. The van der Waals surface area contributed by atoms with Crippen LogP contribution in [-0.2, 0) is 6.42 Å². The fraction of sp³-hybridized carbons (Fsp3) is 0.294. The Kier molecular flexibility index (Phi) is 5.45. The number of nitrogens with zero attached hydrogens (tertiary/aromatic N) is 2. The van der Waals surface area contributed by atoms with E-state index >= 15 is 0 Å². The van der Waals surface area contributed by atoms with Gasteiger partial charge in [-0.1, -0.05) is 26.0 Å². The van der Waals surface area contributed by atoms with Crippen molar-refractivity contribution in [3.05, 3.63) is 34.9 Å². The number of rotatable bonds is 3. The average Bonchev–Trinajstić information content (AvgIpc) is 2.61. The Morgan fingerprint density at radius 3 is 2.79 bits per heavy atom. The van der Waals surface area contributed by atoms with Crippen LogP contribution in [0.1, 0.15) is 30.5 Å². The minimum Gasteiger partial charge on any atom is -0.487 e. The van der Waals surface area contributed by atoms with Gasteiger partial charge in [-0.05, 0) is 6.07 Å². The van der Waals surface area contributed by atoms with E-state index in [2.05, 4.69) is 4.98 Å². The molecule has 0 spiro atoms. The number of aliphatic hydroxyl groups excluding tert-OH is 1. The predicted molar refractivity (Wildman–Crippen MR) is 91.0 cm³/mol. The number of para-hydroxylation sites is 1. The number of pyridine rings is 1. The van der Waals surface area contributed by atoms with Crippen LogP contribution in [0.15, 0.2) is 18.2 Å². The second-order valence-electron chi connectivity index (χ2n) is 4.78. The van der Waals surface area contributed by atoms with Crippen molar-refractivity contribution in [1.82, 2.24) is 4.98 Å². The highest BCUT2D eigenvalue weighted by Crippen LogP contribution is 2.44. The largest absolute Gasteiger partial charge is 0.487 e. The van der Waals surface area contributed by atoms with E-state index in [1.807, 2.05) is 32.0 Å². The molecule has 7 nitrogen and oxygen atoms in total. The Labute approximate surface area is 140 Å². The number of anilines is 2. The number of ether oxygens (including phenoxy) is 2. The Morgan fingerprint density at radius 1 is 1.38 bits per heavy atom. The van der Waals surface area contributed by atoms with Gasteiger partial charge >= 0.3 is 0 Å². The normalized spacial score (nSPS) is 11.1. The van der Waals surface area contributed by atoms with E-state index in [0.29, 0.717) is 23.5 Å². The first-order valence-corrected chi connectivity index (χ1v) is 7.67. The van der Waals surface area contributed by atoms with Crippen molar-refractivity contribution in [1.29, 1.82) is 5.26 Å². The number of fused-ring (bicyclic) bond motifs is 2. The van der Waals surface area contributed by atoms with E-state index in [0.717, 1.165) is 5.56 Å². The van der Waals surface area contributed by atoms with Gasteiger partial charge in [-0.15, -0.1) is 0 Å². The molecule has 1 aromatic carbocycles. The standard InChI is InChI=1S/C15H14N4O3.C2H6/c16-7-10-12(17)9-6-8-2-1-3-11(21-5-4-20)13(8)22-15(9)19-14(10)18;1-2/h1-3,20H,4-6H2,(H4,17,18,19);1-2H3. The lowest BCUT2D eigenvalue weighted by molar-refractivity contribution is 0.197. The first-order chi connectivity index (χ1) is 11.7. The number of aliphatic hydroxyl groups is 1. The van der Waals surface area contributed by atoms with Gasteiger partial charge in [0.05, 0.1) is 12.3 Å². The third kappa shape index (κ3) is 3.05. The summed E-state index contributed by atoms with van der Waals surface area (Å²) >= 11 is 0. The molecule has 0 fully saturated rings. The van der Waals surface area contributed by atoms with Gasteiger partial charge < -0.3 is 26.0 Å². The average molecular weight is 328 g/mol. The molecular formula is C17H20N4O3. The molecule has 2 heterocycles. The monoisotopic (exact) mass is 328 g/mol. The summed E-state index contributed by atoms with van der Waals surface area (Å²) in [5, 5.41) is 18.0. The number of hydrogen-bond donors (Lipinski definition) is 3. The molecule has 126 valence electrons. The Bertz CT molecular complexity index is 784. The summed E-state index contributed by atoms with van der Waals surface area (Å²) in [7, 11) is 0. The lowest BCUT2D eigenvalue weighted by Crippen LogP contribution is -2.13. The second kappa shape index (κ2) is 7.53. The van der Waals surface area contributed by atoms with Crippen molar-refractivity contribution in [2.24, 2.45) is 0 Å². The maximum Gasteiger partial charge on any atom is 0.227 e. The lowest BCUT2D eigenvalue weighted by atomic mass is 9.99. The molecule has 7 heteroatoms.